The molecule has 2 aromatic rings. The van der Waals surface area contributed by atoms with E-state index < -0.39 is 0 Å². The van der Waals surface area contributed by atoms with Crippen molar-refractivity contribution in [1.82, 2.24) is 0 Å². The molecule has 0 aliphatic heterocycles. The number of nitrogens with zero attached hydrogens (tertiary/aromatic N) is 2. The molecule has 3 heteroatoms. The van der Waals surface area contributed by atoms with Crippen LogP contribution in [0.15, 0.2) is 48.5 Å². The van der Waals surface area contributed by atoms with Crippen molar-refractivity contribution in [1.29, 1.82) is 5.26 Å². The van der Waals surface area contributed by atoms with Crippen LogP contribution in [0.4, 0.5) is 11.4 Å². The first-order valence-corrected chi connectivity index (χ1v) is 5.69. The summed E-state index contributed by atoms with van der Waals surface area (Å²) in [5.41, 5.74) is 3.37. The SMILES string of the molecule is CN(c1ccc(CO)cc1)c1ccccc1C#N. The van der Waals surface area contributed by atoms with Crippen LogP contribution in [0.3, 0.4) is 0 Å². The lowest BCUT2D eigenvalue weighted by molar-refractivity contribution is 0.282. The van der Waals surface area contributed by atoms with Crippen LogP contribution >= 0.6 is 0 Å². The van der Waals surface area contributed by atoms with Crippen molar-refractivity contribution < 1.29 is 5.11 Å². The van der Waals surface area contributed by atoms with Crippen LogP contribution in [-0.4, -0.2) is 12.2 Å². The molecule has 0 unspecified atom stereocenters. The Morgan fingerprint density at radius 2 is 1.78 bits per heavy atom. The predicted octanol–water partition coefficient (Wildman–Crippen LogP) is 2.82. The Bertz CT molecular complexity index is 570. The van der Waals surface area contributed by atoms with Crippen molar-refractivity contribution in [2.45, 2.75) is 6.61 Å². The quantitative estimate of drug-likeness (QED) is 0.894. The summed E-state index contributed by atoms with van der Waals surface area (Å²) in [6, 6.07) is 17.3. The Morgan fingerprint density at radius 3 is 2.39 bits per heavy atom. The first-order valence-electron chi connectivity index (χ1n) is 5.69. The molecule has 3 nitrogen and oxygen atoms in total. The lowest BCUT2D eigenvalue weighted by Crippen LogP contribution is -2.10. The second-order valence-corrected chi connectivity index (χ2v) is 4.01. The molecule has 0 bridgehead atoms. The van der Waals surface area contributed by atoms with Gasteiger partial charge in [-0.25, -0.2) is 0 Å². The zero-order chi connectivity index (χ0) is 13.0. The highest BCUT2D eigenvalue weighted by molar-refractivity contribution is 5.68. The van der Waals surface area contributed by atoms with E-state index in [0.717, 1.165) is 16.9 Å². The maximum atomic E-state index is 9.09. The average molecular weight is 238 g/mol. The van der Waals surface area contributed by atoms with Crippen LogP contribution in [0.1, 0.15) is 11.1 Å². The molecule has 0 saturated heterocycles. The van der Waals surface area contributed by atoms with E-state index in [0.29, 0.717) is 5.56 Å². The van der Waals surface area contributed by atoms with Gasteiger partial charge in [0.1, 0.15) is 6.07 Å². The third kappa shape index (κ3) is 2.34. The predicted molar refractivity (Wildman–Crippen MR) is 71.6 cm³/mol. The zero-order valence-electron chi connectivity index (χ0n) is 10.2. The minimum Gasteiger partial charge on any atom is -0.392 e. The smallest absolute Gasteiger partial charge is 0.101 e. The first kappa shape index (κ1) is 12.2. The minimum atomic E-state index is 0.0405. The van der Waals surface area contributed by atoms with E-state index in [-0.39, 0.29) is 6.61 Å². The standard InChI is InChI=1S/C15H14N2O/c1-17(14-8-6-12(11-18)7-9-14)15-5-3-2-4-13(15)10-16/h2-9,18H,11H2,1H3. The normalized spacial score (nSPS) is 9.83. The molecule has 0 fully saturated rings. The van der Waals surface area contributed by atoms with Crippen LogP contribution in [0.25, 0.3) is 0 Å². The Hall–Kier alpha value is -2.31. The Balaban J connectivity index is 2.35. The van der Waals surface area contributed by atoms with Gasteiger partial charge in [0, 0.05) is 12.7 Å². The van der Waals surface area contributed by atoms with Gasteiger partial charge in [0.05, 0.1) is 17.9 Å². The van der Waals surface area contributed by atoms with Crippen molar-refractivity contribution in [2.24, 2.45) is 0 Å². The van der Waals surface area contributed by atoms with Crippen molar-refractivity contribution >= 4 is 11.4 Å². The fourth-order valence-corrected chi connectivity index (χ4v) is 1.82. The Labute approximate surface area is 107 Å². The Morgan fingerprint density at radius 1 is 1.11 bits per heavy atom. The molecule has 0 aromatic heterocycles. The minimum absolute atomic E-state index is 0.0405. The lowest BCUT2D eigenvalue weighted by Gasteiger charge is -2.20. The summed E-state index contributed by atoms with van der Waals surface area (Å²) in [5, 5.41) is 18.1. The van der Waals surface area contributed by atoms with Gasteiger partial charge < -0.3 is 10.0 Å². The molecular weight excluding hydrogens is 224 g/mol. The molecule has 0 heterocycles. The molecule has 2 aromatic carbocycles. The highest BCUT2D eigenvalue weighted by Crippen LogP contribution is 2.26. The van der Waals surface area contributed by atoms with Crippen LogP contribution in [0, 0.1) is 11.3 Å². The topological polar surface area (TPSA) is 47.3 Å². The van der Waals surface area contributed by atoms with Gasteiger partial charge >= 0.3 is 0 Å². The summed E-state index contributed by atoms with van der Waals surface area (Å²) in [5.74, 6) is 0. The Kier molecular flexibility index (Phi) is 3.61. The number of para-hydroxylation sites is 1. The van der Waals surface area contributed by atoms with Crippen molar-refractivity contribution in [2.75, 3.05) is 11.9 Å². The number of rotatable bonds is 3. The number of anilines is 2. The van der Waals surface area contributed by atoms with Gasteiger partial charge in [0.25, 0.3) is 0 Å². The molecule has 0 aliphatic carbocycles. The van der Waals surface area contributed by atoms with Gasteiger partial charge in [-0.3, -0.25) is 0 Å². The summed E-state index contributed by atoms with van der Waals surface area (Å²) in [6.07, 6.45) is 0. The molecule has 0 radical (unpaired) electrons. The van der Waals surface area contributed by atoms with Crippen LogP contribution in [0.5, 0.6) is 0 Å². The van der Waals surface area contributed by atoms with Gasteiger partial charge in [0.15, 0.2) is 0 Å². The van der Waals surface area contributed by atoms with E-state index in [9.17, 15) is 0 Å². The molecular formula is C15H14N2O. The fourth-order valence-electron chi connectivity index (χ4n) is 1.82. The third-order valence-corrected chi connectivity index (χ3v) is 2.89. The van der Waals surface area contributed by atoms with Crippen LogP contribution in [0.2, 0.25) is 0 Å². The number of nitriles is 1. The van der Waals surface area contributed by atoms with Gasteiger partial charge in [-0.1, -0.05) is 24.3 Å². The van der Waals surface area contributed by atoms with Crippen molar-refractivity contribution in [3.8, 4) is 6.07 Å². The van der Waals surface area contributed by atoms with Gasteiger partial charge in [0.2, 0.25) is 0 Å². The van der Waals surface area contributed by atoms with E-state index in [2.05, 4.69) is 6.07 Å². The second-order valence-electron chi connectivity index (χ2n) is 4.01. The number of aliphatic hydroxyl groups excluding tert-OH is 1. The van der Waals surface area contributed by atoms with E-state index in [4.69, 9.17) is 10.4 Å². The first-order chi connectivity index (χ1) is 8.76. The van der Waals surface area contributed by atoms with Crippen molar-refractivity contribution in [3.05, 3.63) is 59.7 Å². The average Bonchev–Trinajstić information content (AvgIpc) is 2.46. The van der Waals surface area contributed by atoms with Crippen molar-refractivity contribution in [3.63, 3.8) is 0 Å². The summed E-state index contributed by atoms with van der Waals surface area (Å²) < 4.78 is 0. The van der Waals surface area contributed by atoms with Gasteiger partial charge in [-0.15, -0.1) is 0 Å². The summed E-state index contributed by atoms with van der Waals surface area (Å²) in [4.78, 5) is 1.96. The maximum absolute atomic E-state index is 9.09. The summed E-state index contributed by atoms with van der Waals surface area (Å²) in [7, 11) is 1.92. The van der Waals surface area contributed by atoms with E-state index in [1.807, 2.05) is 54.4 Å². The zero-order valence-corrected chi connectivity index (χ0v) is 10.2. The number of aliphatic hydroxyl groups is 1. The highest BCUT2D eigenvalue weighted by atomic mass is 16.3. The second kappa shape index (κ2) is 5.35. The van der Waals surface area contributed by atoms with E-state index >= 15 is 0 Å². The summed E-state index contributed by atoms with van der Waals surface area (Å²) in [6.45, 7) is 0.0405. The molecule has 1 N–H and O–H groups in total. The molecule has 0 atom stereocenters. The molecule has 0 saturated carbocycles. The number of hydrogen-bond acceptors (Lipinski definition) is 3. The van der Waals surface area contributed by atoms with Gasteiger partial charge in [-0.2, -0.15) is 5.26 Å². The molecule has 2 rings (SSSR count). The molecule has 18 heavy (non-hydrogen) atoms. The van der Waals surface area contributed by atoms with Crippen LogP contribution in [-0.2, 0) is 6.61 Å². The van der Waals surface area contributed by atoms with E-state index in [1.165, 1.54) is 0 Å². The third-order valence-electron chi connectivity index (χ3n) is 2.89. The van der Waals surface area contributed by atoms with Gasteiger partial charge in [-0.05, 0) is 29.8 Å². The molecule has 0 amide bonds. The fraction of sp³-hybridized carbons (Fsp3) is 0.133. The maximum Gasteiger partial charge on any atom is 0.101 e. The van der Waals surface area contributed by atoms with E-state index in [1.54, 1.807) is 6.07 Å². The summed E-state index contributed by atoms with van der Waals surface area (Å²) >= 11 is 0. The largest absolute Gasteiger partial charge is 0.392 e. The lowest BCUT2D eigenvalue weighted by atomic mass is 10.1. The monoisotopic (exact) mass is 238 g/mol. The molecule has 0 spiro atoms. The molecule has 90 valence electrons. The number of benzene rings is 2. The molecule has 0 aliphatic rings. The highest BCUT2D eigenvalue weighted by Gasteiger charge is 2.08. The van der Waals surface area contributed by atoms with Crippen LogP contribution < -0.4 is 4.90 Å². The number of hydrogen-bond donors (Lipinski definition) is 1.